The zero-order chi connectivity index (χ0) is 22.2. The first-order valence-corrected chi connectivity index (χ1v) is 11.1. The van der Waals surface area contributed by atoms with Gasteiger partial charge in [0.2, 0.25) is 0 Å². The molecule has 2 N–H and O–H groups in total. The van der Waals surface area contributed by atoms with Crippen molar-refractivity contribution in [3.63, 3.8) is 0 Å². The molecule has 0 aromatic heterocycles. The van der Waals surface area contributed by atoms with Crippen LogP contribution in [-0.2, 0) is 12.8 Å². The summed E-state index contributed by atoms with van der Waals surface area (Å²) in [5, 5.41) is 6.42. The fourth-order valence-electron chi connectivity index (χ4n) is 3.93. The maximum atomic E-state index is 12.6. The van der Waals surface area contributed by atoms with Gasteiger partial charge in [0.1, 0.15) is 5.75 Å². The lowest BCUT2D eigenvalue weighted by Gasteiger charge is -2.19. The van der Waals surface area contributed by atoms with Crippen molar-refractivity contribution in [2.75, 3.05) is 19.7 Å². The molecule has 0 spiro atoms. The highest BCUT2D eigenvalue weighted by Crippen LogP contribution is 2.25. The average molecular weight is 429 g/mol. The molecule has 0 fully saturated rings. The summed E-state index contributed by atoms with van der Waals surface area (Å²) in [5.74, 6) is 0.850. The van der Waals surface area contributed by atoms with Crippen LogP contribution in [0.5, 0.6) is 5.75 Å². The molecule has 5 heteroatoms. The van der Waals surface area contributed by atoms with Crippen LogP contribution >= 0.6 is 0 Å². The lowest BCUT2D eigenvalue weighted by Crippen LogP contribution is -2.38. The van der Waals surface area contributed by atoms with E-state index in [-0.39, 0.29) is 24.3 Å². The lowest BCUT2D eigenvalue weighted by atomic mass is 10.0. The number of hydrogen-bond acceptors (Lipinski definition) is 4. The molecule has 0 saturated carbocycles. The second kappa shape index (κ2) is 10.7. The largest absolute Gasteiger partial charge is 0.493 e. The monoisotopic (exact) mass is 428 g/mol. The molecule has 1 amide bonds. The van der Waals surface area contributed by atoms with E-state index >= 15 is 0 Å². The average Bonchev–Trinajstić information content (AvgIpc) is 3.31. The molecule has 0 bridgehead atoms. The molecule has 3 aromatic rings. The Morgan fingerprint density at radius 3 is 2.44 bits per heavy atom. The minimum absolute atomic E-state index is 0.0630. The van der Waals surface area contributed by atoms with E-state index in [0.717, 1.165) is 30.6 Å². The van der Waals surface area contributed by atoms with Crippen LogP contribution in [0.1, 0.15) is 38.3 Å². The highest BCUT2D eigenvalue weighted by molar-refractivity contribution is 5.97. The molecule has 5 nitrogen and oxygen atoms in total. The Balaban J connectivity index is 1.33. The summed E-state index contributed by atoms with van der Waals surface area (Å²) in [6, 6.07) is 25.1. The number of Topliss-reactive ketones (excluding diaryl/α,β-unsaturated/α-hetero) is 1. The number of carbonyl (C=O) groups excluding carboxylic acids is 2. The Kier molecular flexibility index (Phi) is 7.31. The Morgan fingerprint density at radius 1 is 0.906 bits per heavy atom. The Morgan fingerprint density at radius 2 is 1.66 bits per heavy atom. The Labute approximate surface area is 188 Å². The molecule has 0 radical (unpaired) electrons. The van der Waals surface area contributed by atoms with Crippen molar-refractivity contribution in [2.24, 2.45) is 0 Å². The molecule has 1 aliphatic heterocycles. The number of carbonyl (C=O) groups is 2. The van der Waals surface area contributed by atoms with Crippen molar-refractivity contribution < 1.29 is 14.3 Å². The van der Waals surface area contributed by atoms with E-state index in [1.807, 2.05) is 60.7 Å². The van der Waals surface area contributed by atoms with Crippen molar-refractivity contribution in [2.45, 2.75) is 25.3 Å². The first kappa shape index (κ1) is 21.8. The molecular weight excluding hydrogens is 400 g/mol. The van der Waals surface area contributed by atoms with Crippen LogP contribution < -0.4 is 15.4 Å². The quantitative estimate of drug-likeness (QED) is 0.482. The highest BCUT2D eigenvalue weighted by Gasteiger charge is 2.16. The molecule has 0 aliphatic carbocycles. The van der Waals surface area contributed by atoms with Gasteiger partial charge in [-0.15, -0.1) is 0 Å². The standard InChI is InChI=1S/C27H28N2O3/c30-25(21-9-5-2-6-10-21)19-29-24(17-20-7-3-1-4-8-20)13-15-28-27(31)23-11-12-26-22(18-23)14-16-32-26/h1-12,18,24,29H,13-17,19H2,(H,28,31). The fraction of sp³-hybridized carbons (Fsp3) is 0.259. The summed E-state index contributed by atoms with van der Waals surface area (Å²) < 4.78 is 5.51. The van der Waals surface area contributed by atoms with Gasteiger partial charge in [-0.2, -0.15) is 0 Å². The predicted molar refractivity (Wildman–Crippen MR) is 125 cm³/mol. The number of benzene rings is 3. The third kappa shape index (κ3) is 5.83. The van der Waals surface area contributed by atoms with E-state index in [0.29, 0.717) is 24.3 Å². The van der Waals surface area contributed by atoms with Gasteiger partial charge in [-0.05, 0) is 42.2 Å². The van der Waals surface area contributed by atoms with E-state index in [2.05, 4.69) is 22.8 Å². The first-order valence-electron chi connectivity index (χ1n) is 11.1. The third-order valence-corrected chi connectivity index (χ3v) is 5.70. The van der Waals surface area contributed by atoms with Crippen molar-refractivity contribution in [1.82, 2.24) is 10.6 Å². The first-order chi connectivity index (χ1) is 15.7. The van der Waals surface area contributed by atoms with Gasteiger partial charge in [0.05, 0.1) is 13.2 Å². The van der Waals surface area contributed by atoms with Crippen molar-refractivity contribution in [1.29, 1.82) is 0 Å². The SMILES string of the molecule is O=C(CNC(CCNC(=O)c1ccc2c(c1)CCO2)Cc1ccccc1)c1ccccc1. The molecule has 32 heavy (non-hydrogen) atoms. The van der Waals surface area contributed by atoms with Gasteiger partial charge in [0, 0.05) is 30.1 Å². The van der Waals surface area contributed by atoms with E-state index in [1.165, 1.54) is 5.56 Å². The van der Waals surface area contributed by atoms with Crippen LogP contribution in [0.4, 0.5) is 0 Å². The number of ether oxygens (including phenoxy) is 1. The van der Waals surface area contributed by atoms with Gasteiger partial charge in [0.15, 0.2) is 5.78 Å². The highest BCUT2D eigenvalue weighted by atomic mass is 16.5. The summed E-state index contributed by atoms with van der Waals surface area (Å²) in [6.45, 7) is 1.46. The van der Waals surface area contributed by atoms with Gasteiger partial charge < -0.3 is 15.4 Å². The van der Waals surface area contributed by atoms with E-state index in [9.17, 15) is 9.59 Å². The number of fused-ring (bicyclic) bond motifs is 1. The molecule has 1 atom stereocenters. The van der Waals surface area contributed by atoms with Crippen LogP contribution in [0.3, 0.4) is 0 Å². The van der Waals surface area contributed by atoms with Crippen molar-refractivity contribution in [3.05, 3.63) is 101 Å². The molecule has 4 rings (SSSR count). The van der Waals surface area contributed by atoms with Crippen LogP contribution in [0.25, 0.3) is 0 Å². The molecule has 3 aromatic carbocycles. The zero-order valence-electron chi connectivity index (χ0n) is 18.1. The smallest absolute Gasteiger partial charge is 0.251 e. The van der Waals surface area contributed by atoms with Crippen LogP contribution in [0.15, 0.2) is 78.9 Å². The molecule has 164 valence electrons. The number of ketones is 1. The number of nitrogens with one attached hydrogen (secondary N) is 2. The van der Waals surface area contributed by atoms with Crippen molar-refractivity contribution in [3.8, 4) is 5.75 Å². The molecule has 0 saturated heterocycles. The lowest BCUT2D eigenvalue weighted by molar-refractivity contribution is 0.0946. The Hall–Kier alpha value is -3.44. The van der Waals surface area contributed by atoms with Gasteiger partial charge in [0.25, 0.3) is 5.91 Å². The molecule has 1 heterocycles. The van der Waals surface area contributed by atoms with E-state index in [4.69, 9.17) is 4.74 Å². The minimum atomic E-state index is -0.0847. The summed E-state index contributed by atoms with van der Waals surface area (Å²) in [7, 11) is 0. The summed E-state index contributed by atoms with van der Waals surface area (Å²) >= 11 is 0. The van der Waals surface area contributed by atoms with Gasteiger partial charge in [-0.3, -0.25) is 9.59 Å². The van der Waals surface area contributed by atoms with E-state index < -0.39 is 0 Å². The number of rotatable bonds is 10. The third-order valence-electron chi connectivity index (χ3n) is 5.70. The van der Waals surface area contributed by atoms with E-state index in [1.54, 1.807) is 6.07 Å². The summed E-state index contributed by atoms with van der Waals surface area (Å²) in [5.41, 5.74) is 3.64. The van der Waals surface area contributed by atoms with Crippen LogP contribution in [0.2, 0.25) is 0 Å². The maximum absolute atomic E-state index is 12.6. The second-order valence-corrected chi connectivity index (χ2v) is 8.02. The number of amides is 1. The Bertz CT molecular complexity index is 1050. The van der Waals surface area contributed by atoms with Crippen LogP contribution in [0, 0.1) is 0 Å². The van der Waals surface area contributed by atoms with Crippen LogP contribution in [-0.4, -0.2) is 37.4 Å². The predicted octanol–water partition coefficient (Wildman–Crippen LogP) is 3.83. The summed E-state index contributed by atoms with van der Waals surface area (Å²) in [4.78, 5) is 25.1. The van der Waals surface area contributed by atoms with Gasteiger partial charge >= 0.3 is 0 Å². The topological polar surface area (TPSA) is 67.4 Å². The molecule has 1 unspecified atom stereocenters. The number of hydrogen-bond donors (Lipinski definition) is 2. The second-order valence-electron chi connectivity index (χ2n) is 8.02. The molecular formula is C27H28N2O3. The zero-order valence-corrected chi connectivity index (χ0v) is 18.1. The van der Waals surface area contributed by atoms with Gasteiger partial charge in [-0.25, -0.2) is 0 Å². The fourth-order valence-corrected chi connectivity index (χ4v) is 3.93. The van der Waals surface area contributed by atoms with Gasteiger partial charge in [-0.1, -0.05) is 60.7 Å². The summed E-state index contributed by atoms with van der Waals surface area (Å²) in [6.07, 6.45) is 2.35. The maximum Gasteiger partial charge on any atom is 0.251 e. The minimum Gasteiger partial charge on any atom is -0.493 e. The van der Waals surface area contributed by atoms with Crippen molar-refractivity contribution >= 4 is 11.7 Å². The normalized spacial score (nSPS) is 13.1. The molecule has 1 aliphatic rings.